The minimum Gasteiger partial charge on any atom is -0.496 e. The number of carbonyl (C=O) groups is 1. The highest BCUT2D eigenvalue weighted by Gasteiger charge is 2.16. The summed E-state index contributed by atoms with van der Waals surface area (Å²) in [4.78, 5) is 13.9. The van der Waals surface area contributed by atoms with Gasteiger partial charge in [0, 0.05) is 25.8 Å². The van der Waals surface area contributed by atoms with Gasteiger partial charge in [0.15, 0.2) is 0 Å². The van der Waals surface area contributed by atoms with Crippen molar-refractivity contribution >= 4 is 5.91 Å². The van der Waals surface area contributed by atoms with E-state index in [1.807, 2.05) is 13.0 Å². The zero-order valence-corrected chi connectivity index (χ0v) is 11.7. The summed E-state index contributed by atoms with van der Waals surface area (Å²) in [6, 6.07) is 5.33. The smallest absolute Gasteiger partial charge is 0.254 e. The van der Waals surface area contributed by atoms with Crippen molar-refractivity contribution in [3.63, 3.8) is 0 Å². The Kier molecular flexibility index (Phi) is 6.32. The van der Waals surface area contributed by atoms with Crippen LogP contribution in [0.15, 0.2) is 18.2 Å². The van der Waals surface area contributed by atoms with Crippen LogP contribution in [0.1, 0.15) is 15.9 Å². The number of benzene rings is 1. The first-order valence-electron chi connectivity index (χ1n) is 6.17. The van der Waals surface area contributed by atoms with Crippen LogP contribution >= 0.6 is 0 Å². The highest BCUT2D eigenvalue weighted by molar-refractivity contribution is 5.94. The van der Waals surface area contributed by atoms with Gasteiger partial charge in [-0.15, -0.1) is 0 Å². The summed E-state index contributed by atoms with van der Waals surface area (Å²) >= 11 is 0. The van der Waals surface area contributed by atoms with Crippen LogP contribution in [-0.2, 0) is 4.74 Å². The number of aliphatic hydroxyl groups is 1. The summed E-state index contributed by atoms with van der Waals surface area (Å²) in [5.74, 6) is 0.547. The average molecular weight is 267 g/mol. The summed E-state index contributed by atoms with van der Waals surface area (Å²) in [6.07, 6.45) is 0. The van der Waals surface area contributed by atoms with Crippen molar-refractivity contribution in [3.05, 3.63) is 29.3 Å². The second-order valence-electron chi connectivity index (χ2n) is 4.19. The SMILES string of the molecule is COCCN(CCO)C(=O)c1ccc(C)c(OC)c1. The lowest BCUT2D eigenvalue weighted by atomic mass is 10.1. The van der Waals surface area contributed by atoms with Gasteiger partial charge < -0.3 is 19.5 Å². The van der Waals surface area contributed by atoms with E-state index in [1.54, 1.807) is 31.3 Å². The Morgan fingerprint density at radius 3 is 2.63 bits per heavy atom. The first-order chi connectivity index (χ1) is 9.13. The lowest BCUT2D eigenvalue weighted by molar-refractivity contribution is 0.0656. The quantitative estimate of drug-likeness (QED) is 0.803. The van der Waals surface area contributed by atoms with Crippen molar-refractivity contribution in [1.29, 1.82) is 0 Å². The molecule has 0 saturated carbocycles. The molecule has 0 fully saturated rings. The third kappa shape index (κ3) is 4.22. The molecule has 0 aliphatic carbocycles. The molecule has 0 atom stereocenters. The number of rotatable bonds is 7. The summed E-state index contributed by atoms with van der Waals surface area (Å²) in [5.41, 5.74) is 1.52. The van der Waals surface area contributed by atoms with E-state index in [2.05, 4.69) is 0 Å². The van der Waals surface area contributed by atoms with E-state index in [0.29, 0.717) is 31.0 Å². The lowest BCUT2D eigenvalue weighted by Crippen LogP contribution is -2.36. The number of ether oxygens (including phenoxy) is 2. The van der Waals surface area contributed by atoms with E-state index in [-0.39, 0.29) is 12.5 Å². The third-order valence-electron chi connectivity index (χ3n) is 2.88. The molecule has 0 heterocycles. The molecule has 1 rings (SSSR count). The Hall–Kier alpha value is -1.59. The van der Waals surface area contributed by atoms with E-state index in [1.165, 1.54) is 0 Å². The molecule has 0 unspecified atom stereocenters. The van der Waals surface area contributed by atoms with Crippen molar-refractivity contribution < 1.29 is 19.4 Å². The Bertz CT molecular complexity index is 420. The van der Waals surface area contributed by atoms with Crippen LogP contribution in [0.5, 0.6) is 5.75 Å². The minimum absolute atomic E-state index is 0.0710. The fourth-order valence-electron chi connectivity index (χ4n) is 1.77. The second kappa shape index (κ2) is 7.76. The van der Waals surface area contributed by atoms with Crippen molar-refractivity contribution in [1.82, 2.24) is 4.90 Å². The summed E-state index contributed by atoms with van der Waals surface area (Å²) in [6.45, 7) is 3.03. The molecule has 0 saturated heterocycles. The van der Waals surface area contributed by atoms with E-state index in [4.69, 9.17) is 14.6 Å². The molecule has 0 aliphatic rings. The number of aliphatic hydroxyl groups excluding tert-OH is 1. The normalized spacial score (nSPS) is 10.3. The molecule has 106 valence electrons. The maximum Gasteiger partial charge on any atom is 0.254 e. The van der Waals surface area contributed by atoms with E-state index >= 15 is 0 Å². The van der Waals surface area contributed by atoms with Gasteiger partial charge in [-0.2, -0.15) is 0 Å². The molecule has 0 bridgehead atoms. The topological polar surface area (TPSA) is 59.0 Å². The van der Waals surface area contributed by atoms with Gasteiger partial charge in [-0.25, -0.2) is 0 Å². The monoisotopic (exact) mass is 267 g/mol. The van der Waals surface area contributed by atoms with Crippen LogP contribution in [0.2, 0.25) is 0 Å². The van der Waals surface area contributed by atoms with Gasteiger partial charge in [0.25, 0.3) is 5.91 Å². The van der Waals surface area contributed by atoms with Crippen LogP contribution in [0, 0.1) is 6.92 Å². The average Bonchev–Trinajstić information content (AvgIpc) is 2.43. The molecule has 1 amide bonds. The maximum atomic E-state index is 12.3. The molecule has 0 aromatic heterocycles. The largest absolute Gasteiger partial charge is 0.496 e. The highest BCUT2D eigenvalue weighted by Crippen LogP contribution is 2.19. The van der Waals surface area contributed by atoms with Gasteiger partial charge >= 0.3 is 0 Å². The number of carbonyl (C=O) groups excluding carboxylic acids is 1. The first kappa shape index (κ1) is 15.5. The predicted molar refractivity (Wildman–Crippen MR) is 72.6 cm³/mol. The van der Waals surface area contributed by atoms with Gasteiger partial charge in [-0.3, -0.25) is 4.79 Å². The van der Waals surface area contributed by atoms with Crippen molar-refractivity contribution in [2.45, 2.75) is 6.92 Å². The van der Waals surface area contributed by atoms with E-state index < -0.39 is 0 Å². The van der Waals surface area contributed by atoms with Crippen LogP contribution in [-0.4, -0.2) is 56.4 Å². The summed E-state index contributed by atoms with van der Waals surface area (Å²) in [7, 11) is 3.16. The lowest BCUT2D eigenvalue weighted by Gasteiger charge is -2.21. The minimum atomic E-state index is -0.135. The van der Waals surface area contributed by atoms with Gasteiger partial charge in [0.1, 0.15) is 5.75 Å². The molecule has 0 spiro atoms. The van der Waals surface area contributed by atoms with E-state index in [9.17, 15) is 4.79 Å². The number of methoxy groups -OCH3 is 2. The summed E-state index contributed by atoms with van der Waals surface area (Å²) in [5, 5.41) is 9.02. The second-order valence-corrected chi connectivity index (χ2v) is 4.19. The number of hydrogen-bond donors (Lipinski definition) is 1. The fourth-order valence-corrected chi connectivity index (χ4v) is 1.77. The molecule has 5 heteroatoms. The number of hydrogen-bond acceptors (Lipinski definition) is 4. The Morgan fingerprint density at radius 1 is 1.32 bits per heavy atom. The van der Waals surface area contributed by atoms with Crippen LogP contribution < -0.4 is 4.74 Å². The maximum absolute atomic E-state index is 12.3. The van der Waals surface area contributed by atoms with Crippen LogP contribution in [0.4, 0.5) is 0 Å². The van der Waals surface area contributed by atoms with Crippen LogP contribution in [0.3, 0.4) is 0 Å². The van der Waals surface area contributed by atoms with Crippen molar-refractivity contribution in [2.75, 3.05) is 40.5 Å². The standard InChI is InChI=1S/C14H21NO4/c1-11-4-5-12(10-13(11)19-3)14(17)15(6-8-16)7-9-18-2/h4-5,10,16H,6-9H2,1-3H3. The van der Waals surface area contributed by atoms with Gasteiger partial charge in [-0.1, -0.05) is 6.07 Å². The summed E-state index contributed by atoms with van der Waals surface area (Å²) < 4.78 is 10.2. The molecule has 1 aromatic carbocycles. The number of nitrogens with zero attached hydrogens (tertiary/aromatic N) is 1. The van der Waals surface area contributed by atoms with Gasteiger partial charge in [0.2, 0.25) is 0 Å². The Balaban J connectivity index is 2.88. The number of aryl methyl sites for hydroxylation is 1. The Morgan fingerprint density at radius 2 is 2.05 bits per heavy atom. The fraction of sp³-hybridized carbons (Fsp3) is 0.500. The molecule has 19 heavy (non-hydrogen) atoms. The zero-order chi connectivity index (χ0) is 14.3. The first-order valence-corrected chi connectivity index (χ1v) is 6.17. The molecular formula is C14H21NO4. The van der Waals surface area contributed by atoms with E-state index in [0.717, 1.165) is 5.56 Å². The molecule has 0 aliphatic heterocycles. The van der Waals surface area contributed by atoms with Gasteiger partial charge in [0.05, 0.1) is 20.3 Å². The molecule has 1 N–H and O–H groups in total. The molecule has 0 radical (unpaired) electrons. The molecule has 1 aromatic rings. The van der Waals surface area contributed by atoms with Gasteiger partial charge in [-0.05, 0) is 24.6 Å². The van der Waals surface area contributed by atoms with Crippen molar-refractivity contribution in [3.8, 4) is 5.75 Å². The predicted octanol–water partition coefficient (Wildman–Crippen LogP) is 1.08. The molecule has 5 nitrogen and oxygen atoms in total. The zero-order valence-electron chi connectivity index (χ0n) is 11.7. The van der Waals surface area contributed by atoms with Crippen molar-refractivity contribution in [2.24, 2.45) is 0 Å². The molecular weight excluding hydrogens is 246 g/mol. The number of amides is 1. The Labute approximate surface area is 113 Å². The third-order valence-corrected chi connectivity index (χ3v) is 2.88. The van der Waals surface area contributed by atoms with Crippen LogP contribution in [0.25, 0.3) is 0 Å². The highest BCUT2D eigenvalue weighted by atomic mass is 16.5.